The highest BCUT2D eigenvalue weighted by atomic mass is 35.5. The van der Waals surface area contributed by atoms with Crippen LogP contribution < -0.4 is 10.6 Å². The Morgan fingerprint density at radius 3 is 2.33 bits per heavy atom. The number of benzene rings is 2. The average Bonchev–Trinajstić information content (AvgIpc) is 3.15. The predicted molar refractivity (Wildman–Crippen MR) is 115 cm³/mol. The second-order valence-electron chi connectivity index (χ2n) is 6.42. The first-order chi connectivity index (χ1) is 14.5. The van der Waals surface area contributed by atoms with Gasteiger partial charge in [-0.3, -0.25) is 14.0 Å². The van der Waals surface area contributed by atoms with E-state index in [2.05, 4.69) is 20.8 Å². The fourth-order valence-electron chi connectivity index (χ4n) is 2.87. The van der Waals surface area contributed by atoms with E-state index >= 15 is 0 Å². The van der Waals surface area contributed by atoms with Gasteiger partial charge in [-0.2, -0.15) is 0 Å². The van der Waals surface area contributed by atoms with Crippen LogP contribution in [0, 0.1) is 0 Å². The monoisotopic (exact) mass is 439 g/mol. The molecular formula is C21H15Cl2N5O2. The largest absolute Gasteiger partial charge is 0.345 e. The summed E-state index contributed by atoms with van der Waals surface area (Å²) in [6.07, 6.45) is 1.83. The Labute approximate surface area is 181 Å². The summed E-state index contributed by atoms with van der Waals surface area (Å²) in [5.41, 5.74) is 2.04. The number of nitrogens with zero attached hydrogens (tertiary/aromatic N) is 3. The van der Waals surface area contributed by atoms with E-state index in [9.17, 15) is 9.59 Å². The van der Waals surface area contributed by atoms with Crippen LogP contribution >= 0.6 is 23.2 Å². The van der Waals surface area contributed by atoms with Crippen molar-refractivity contribution in [3.05, 3.63) is 93.9 Å². The molecule has 0 saturated carbocycles. The molecule has 150 valence electrons. The molecule has 2 aromatic carbocycles. The Morgan fingerprint density at radius 2 is 1.60 bits per heavy atom. The van der Waals surface area contributed by atoms with Crippen molar-refractivity contribution in [2.75, 3.05) is 5.32 Å². The number of carbonyl (C=O) groups excluding carboxylic acids is 2. The number of amides is 2. The molecule has 9 heteroatoms. The molecule has 7 nitrogen and oxygen atoms in total. The minimum atomic E-state index is -0.352. The van der Waals surface area contributed by atoms with Gasteiger partial charge in [-0.25, -0.2) is 0 Å². The second kappa shape index (κ2) is 8.52. The molecule has 2 aromatic heterocycles. The minimum absolute atomic E-state index is 0.234. The molecule has 4 aromatic rings. The normalized spacial score (nSPS) is 10.7. The van der Waals surface area contributed by atoms with Crippen LogP contribution in [0.4, 0.5) is 5.69 Å². The topological polar surface area (TPSA) is 88.4 Å². The summed E-state index contributed by atoms with van der Waals surface area (Å²) in [4.78, 5) is 24.8. The Bertz CT molecular complexity index is 1220. The quantitative estimate of drug-likeness (QED) is 0.487. The molecule has 4 rings (SSSR count). The molecule has 2 N–H and O–H groups in total. The van der Waals surface area contributed by atoms with Gasteiger partial charge in [-0.15, -0.1) is 10.2 Å². The third-order valence-corrected chi connectivity index (χ3v) is 4.76. The Balaban J connectivity index is 1.39. The van der Waals surface area contributed by atoms with Crippen molar-refractivity contribution in [2.45, 2.75) is 6.54 Å². The zero-order valence-corrected chi connectivity index (χ0v) is 17.0. The van der Waals surface area contributed by atoms with Crippen LogP contribution in [0.25, 0.3) is 5.65 Å². The van der Waals surface area contributed by atoms with Crippen molar-refractivity contribution >= 4 is 46.4 Å². The van der Waals surface area contributed by atoms with E-state index in [0.717, 1.165) is 0 Å². The second-order valence-corrected chi connectivity index (χ2v) is 7.29. The number of hydrogen-bond acceptors (Lipinski definition) is 4. The smallest absolute Gasteiger partial charge is 0.255 e. The summed E-state index contributed by atoms with van der Waals surface area (Å²) in [5.74, 6) is 0.0143. The van der Waals surface area contributed by atoms with E-state index in [1.165, 1.54) is 12.1 Å². The van der Waals surface area contributed by atoms with E-state index < -0.39 is 0 Å². The van der Waals surface area contributed by atoms with Gasteiger partial charge in [0.15, 0.2) is 11.5 Å². The number of carbonyl (C=O) groups is 2. The molecule has 0 spiro atoms. The molecule has 0 fully saturated rings. The number of hydrogen-bond donors (Lipinski definition) is 2. The van der Waals surface area contributed by atoms with Gasteiger partial charge < -0.3 is 10.6 Å². The highest BCUT2D eigenvalue weighted by Gasteiger charge is 2.11. The van der Waals surface area contributed by atoms with Crippen LogP contribution in [0.15, 0.2) is 66.9 Å². The van der Waals surface area contributed by atoms with Gasteiger partial charge in [-0.1, -0.05) is 29.3 Å². The van der Waals surface area contributed by atoms with Gasteiger partial charge in [0.05, 0.1) is 6.54 Å². The maximum Gasteiger partial charge on any atom is 0.255 e. The van der Waals surface area contributed by atoms with Crippen molar-refractivity contribution in [1.82, 2.24) is 19.9 Å². The number of halogens is 2. The zero-order valence-electron chi connectivity index (χ0n) is 15.5. The molecule has 0 radical (unpaired) electrons. The number of nitrogens with one attached hydrogen (secondary N) is 2. The Kier molecular flexibility index (Phi) is 5.65. The third kappa shape index (κ3) is 4.42. The summed E-state index contributed by atoms with van der Waals surface area (Å²) in [6, 6.07) is 16.7. The molecule has 0 aliphatic rings. The summed E-state index contributed by atoms with van der Waals surface area (Å²) in [6.45, 7) is 0.234. The van der Waals surface area contributed by atoms with Crippen LogP contribution in [0.3, 0.4) is 0 Å². The van der Waals surface area contributed by atoms with Crippen LogP contribution in [0.1, 0.15) is 26.5 Å². The van der Waals surface area contributed by atoms with Crippen molar-refractivity contribution in [3.63, 3.8) is 0 Å². The summed E-state index contributed by atoms with van der Waals surface area (Å²) >= 11 is 11.9. The van der Waals surface area contributed by atoms with Crippen LogP contribution in [0.2, 0.25) is 10.0 Å². The number of fused-ring (bicyclic) bond motifs is 1. The van der Waals surface area contributed by atoms with Gasteiger partial charge in [0, 0.05) is 33.1 Å². The standard InChI is InChI=1S/C21H15Cl2N5O2/c22-15-9-14(10-16(23)11-15)21(30)25-17-6-4-13(5-7-17)20(29)24-12-19-27-26-18-3-1-2-8-28(18)19/h1-11H,12H2,(H,24,29)(H,25,30). The summed E-state index contributed by atoms with van der Waals surface area (Å²) < 4.78 is 1.81. The molecule has 30 heavy (non-hydrogen) atoms. The maximum absolute atomic E-state index is 12.4. The molecule has 2 amide bonds. The first-order valence-electron chi connectivity index (χ1n) is 8.94. The van der Waals surface area contributed by atoms with Crippen LogP contribution in [0.5, 0.6) is 0 Å². The van der Waals surface area contributed by atoms with Gasteiger partial charge in [0.2, 0.25) is 0 Å². The first-order valence-corrected chi connectivity index (χ1v) is 9.69. The minimum Gasteiger partial charge on any atom is -0.345 e. The summed E-state index contributed by atoms with van der Waals surface area (Å²) in [7, 11) is 0. The lowest BCUT2D eigenvalue weighted by Gasteiger charge is -2.08. The molecule has 0 bridgehead atoms. The van der Waals surface area contributed by atoms with Crippen molar-refractivity contribution in [1.29, 1.82) is 0 Å². The summed E-state index contributed by atoms with van der Waals surface area (Å²) in [5, 5.41) is 14.4. The molecule has 2 heterocycles. The molecule has 0 aliphatic carbocycles. The molecule has 0 atom stereocenters. The fourth-order valence-corrected chi connectivity index (χ4v) is 3.39. The van der Waals surface area contributed by atoms with Crippen LogP contribution in [-0.4, -0.2) is 26.4 Å². The highest BCUT2D eigenvalue weighted by Crippen LogP contribution is 2.20. The van der Waals surface area contributed by atoms with E-state index in [1.807, 2.05) is 24.4 Å². The van der Waals surface area contributed by atoms with Crippen molar-refractivity contribution < 1.29 is 9.59 Å². The third-order valence-electron chi connectivity index (χ3n) is 4.32. The van der Waals surface area contributed by atoms with E-state index in [-0.39, 0.29) is 18.4 Å². The van der Waals surface area contributed by atoms with Gasteiger partial charge in [-0.05, 0) is 54.6 Å². The lowest BCUT2D eigenvalue weighted by atomic mass is 10.1. The van der Waals surface area contributed by atoms with Crippen LogP contribution in [-0.2, 0) is 6.54 Å². The van der Waals surface area contributed by atoms with E-state index in [0.29, 0.717) is 38.3 Å². The lowest BCUT2D eigenvalue weighted by Crippen LogP contribution is -2.24. The average molecular weight is 440 g/mol. The Morgan fingerprint density at radius 1 is 0.867 bits per heavy atom. The number of pyridine rings is 1. The fraction of sp³-hybridized carbons (Fsp3) is 0.0476. The van der Waals surface area contributed by atoms with Crippen molar-refractivity contribution in [3.8, 4) is 0 Å². The van der Waals surface area contributed by atoms with Crippen molar-refractivity contribution in [2.24, 2.45) is 0 Å². The Hall–Kier alpha value is -3.42. The molecular weight excluding hydrogens is 425 g/mol. The highest BCUT2D eigenvalue weighted by molar-refractivity contribution is 6.35. The van der Waals surface area contributed by atoms with Gasteiger partial charge in [0.25, 0.3) is 11.8 Å². The zero-order chi connectivity index (χ0) is 21.1. The first kappa shape index (κ1) is 19.9. The maximum atomic E-state index is 12.4. The molecule has 0 aliphatic heterocycles. The predicted octanol–water partition coefficient (Wildman–Crippen LogP) is 4.22. The number of aromatic nitrogens is 3. The lowest BCUT2D eigenvalue weighted by molar-refractivity contribution is 0.0949. The van der Waals surface area contributed by atoms with E-state index in [1.54, 1.807) is 34.7 Å². The molecule has 0 unspecified atom stereocenters. The van der Waals surface area contributed by atoms with Gasteiger partial charge >= 0.3 is 0 Å². The number of anilines is 1. The SMILES string of the molecule is O=C(NCc1nnc2ccccn12)c1ccc(NC(=O)c2cc(Cl)cc(Cl)c2)cc1. The van der Waals surface area contributed by atoms with Gasteiger partial charge in [0.1, 0.15) is 0 Å². The molecule has 0 saturated heterocycles. The van der Waals surface area contributed by atoms with E-state index in [4.69, 9.17) is 23.2 Å². The number of rotatable bonds is 5.